The SMILES string of the molecule is CCCC([C]=O)c1ccccc1[N+](=O)[O-]. The maximum absolute atomic E-state index is 10.7. The number of rotatable bonds is 5. The molecule has 1 aromatic rings. The van der Waals surface area contributed by atoms with E-state index in [2.05, 4.69) is 0 Å². The number of nitro groups is 1. The molecule has 0 amide bonds. The smallest absolute Gasteiger partial charge is 0.273 e. The molecule has 4 nitrogen and oxygen atoms in total. The molecule has 1 radical (unpaired) electrons. The normalized spacial score (nSPS) is 12.1. The number of para-hydroxylation sites is 1. The van der Waals surface area contributed by atoms with Gasteiger partial charge in [0.15, 0.2) is 0 Å². The van der Waals surface area contributed by atoms with E-state index in [1.54, 1.807) is 18.2 Å². The van der Waals surface area contributed by atoms with Crippen LogP contribution in [0.3, 0.4) is 0 Å². The fourth-order valence-corrected chi connectivity index (χ4v) is 1.52. The summed E-state index contributed by atoms with van der Waals surface area (Å²) in [5, 5.41) is 10.7. The van der Waals surface area contributed by atoms with Crippen molar-refractivity contribution in [1.82, 2.24) is 0 Å². The van der Waals surface area contributed by atoms with Crippen molar-refractivity contribution in [3.8, 4) is 0 Å². The van der Waals surface area contributed by atoms with Crippen LogP contribution in [-0.4, -0.2) is 11.2 Å². The summed E-state index contributed by atoms with van der Waals surface area (Å²) >= 11 is 0. The minimum atomic E-state index is -0.489. The molecule has 4 heteroatoms. The van der Waals surface area contributed by atoms with E-state index in [4.69, 9.17) is 0 Å². The molecule has 15 heavy (non-hydrogen) atoms. The Bertz CT molecular complexity index is 363. The number of carbonyl (C=O) groups excluding carboxylic acids is 1. The molecule has 0 heterocycles. The molecule has 0 aliphatic heterocycles. The standard InChI is InChI=1S/C11H12NO3/c1-2-5-9(8-13)10-6-3-4-7-11(10)12(14)15/h3-4,6-7,9H,2,5H2,1H3. The van der Waals surface area contributed by atoms with Crippen LogP contribution in [0.25, 0.3) is 0 Å². The Hall–Kier alpha value is -1.71. The zero-order chi connectivity index (χ0) is 11.3. The molecule has 0 spiro atoms. The Balaban J connectivity index is 3.10. The second-order valence-corrected chi connectivity index (χ2v) is 3.28. The molecule has 1 unspecified atom stereocenters. The van der Waals surface area contributed by atoms with Crippen molar-refractivity contribution >= 4 is 12.0 Å². The first-order chi connectivity index (χ1) is 7.20. The van der Waals surface area contributed by atoms with Crippen LogP contribution in [-0.2, 0) is 4.79 Å². The Morgan fingerprint density at radius 1 is 1.47 bits per heavy atom. The van der Waals surface area contributed by atoms with Gasteiger partial charge in [0.1, 0.15) is 0 Å². The maximum Gasteiger partial charge on any atom is 0.273 e. The first-order valence-electron chi connectivity index (χ1n) is 4.81. The number of nitrogens with zero attached hydrogens (tertiary/aromatic N) is 1. The van der Waals surface area contributed by atoms with Gasteiger partial charge in [-0.3, -0.25) is 14.9 Å². The minimum absolute atomic E-state index is 0.000648. The predicted molar refractivity (Wildman–Crippen MR) is 56.4 cm³/mol. The van der Waals surface area contributed by atoms with E-state index >= 15 is 0 Å². The summed E-state index contributed by atoms with van der Waals surface area (Å²) in [6.45, 7) is 1.93. The Kier molecular flexibility index (Phi) is 3.97. The highest BCUT2D eigenvalue weighted by Crippen LogP contribution is 2.27. The average Bonchev–Trinajstić information content (AvgIpc) is 2.26. The number of benzene rings is 1. The van der Waals surface area contributed by atoms with E-state index in [1.807, 2.05) is 13.2 Å². The number of hydrogen-bond acceptors (Lipinski definition) is 3. The molecule has 1 aromatic carbocycles. The molecule has 79 valence electrons. The molecule has 0 N–H and O–H groups in total. The highest BCUT2D eigenvalue weighted by atomic mass is 16.6. The first kappa shape index (κ1) is 11.4. The van der Waals surface area contributed by atoms with Crippen LogP contribution in [0.15, 0.2) is 24.3 Å². The van der Waals surface area contributed by atoms with Gasteiger partial charge < -0.3 is 0 Å². The van der Waals surface area contributed by atoms with Gasteiger partial charge in [-0.25, -0.2) is 0 Å². The summed E-state index contributed by atoms with van der Waals surface area (Å²) in [6.07, 6.45) is 3.25. The predicted octanol–water partition coefficient (Wildman–Crippen LogP) is 2.59. The van der Waals surface area contributed by atoms with Crippen molar-refractivity contribution in [2.24, 2.45) is 0 Å². The Morgan fingerprint density at radius 3 is 2.67 bits per heavy atom. The molecule has 0 aliphatic carbocycles. The topological polar surface area (TPSA) is 60.2 Å². The van der Waals surface area contributed by atoms with Crippen LogP contribution in [0.2, 0.25) is 0 Å². The first-order valence-corrected chi connectivity index (χ1v) is 4.81. The highest BCUT2D eigenvalue weighted by molar-refractivity contribution is 5.66. The third-order valence-corrected chi connectivity index (χ3v) is 2.23. The van der Waals surface area contributed by atoms with Gasteiger partial charge in [0.05, 0.1) is 10.8 Å². The summed E-state index contributed by atoms with van der Waals surface area (Å²) in [4.78, 5) is 21.0. The van der Waals surface area contributed by atoms with Crippen molar-refractivity contribution in [2.75, 3.05) is 0 Å². The monoisotopic (exact) mass is 206 g/mol. The maximum atomic E-state index is 10.7. The van der Waals surface area contributed by atoms with Crippen LogP contribution >= 0.6 is 0 Å². The third-order valence-electron chi connectivity index (χ3n) is 2.23. The molecular formula is C11H12NO3. The fraction of sp³-hybridized carbons (Fsp3) is 0.364. The molecule has 1 rings (SSSR count). The van der Waals surface area contributed by atoms with Crippen molar-refractivity contribution in [3.05, 3.63) is 39.9 Å². The van der Waals surface area contributed by atoms with E-state index in [0.29, 0.717) is 12.0 Å². The van der Waals surface area contributed by atoms with Crippen molar-refractivity contribution < 1.29 is 9.72 Å². The van der Waals surface area contributed by atoms with Gasteiger partial charge in [0.25, 0.3) is 5.69 Å². The second kappa shape index (κ2) is 5.24. The lowest BCUT2D eigenvalue weighted by Gasteiger charge is -2.08. The summed E-state index contributed by atoms with van der Waals surface area (Å²) in [7, 11) is 0. The molecule has 0 saturated carbocycles. The fourth-order valence-electron chi connectivity index (χ4n) is 1.52. The van der Waals surface area contributed by atoms with E-state index in [9.17, 15) is 14.9 Å². The van der Waals surface area contributed by atoms with Gasteiger partial charge in [0, 0.05) is 11.6 Å². The lowest BCUT2D eigenvalue weighted by atomic mass is 9.94. The van der Waals surface area contributed by atoms with Crippen LogP contribution in [0.1, 0.15) is 31.2 Å². The van der Waals surface area contributed by atoms with Gasteiger partial charge in [-0.2, -0.15) is 0 Å². The van der Waals surface area contributed by atoms with Gasteiger partial charge in [-0.05, 0) is 6.42 Å². The van der Waals surface area contributed by atoms with Crippen molar-refractivity contribution in [2.45, 2.75) is 25.7 Å². The molecule has 0 saturated heterocycles. The number of hydrogen-bond donors (Lipinski definition) is 0. The van der Waals surface area contributed by atoms with Crippen molar-refractivity contribution in [1.29, 1.82) is 0 Å². The van der Waals surface area contributed by atoms with Gasteiger partial charge in [-0.15, -0.1) is 0 Å². The minimum Gasteiger partial charge on any atom is -0.290 e. The zero-order valence-corrected chi connectivity index (χ0v) is 8.47. The molecule has 0 bridgehead atoms. The quantitative estimate of drug-likeness (QED) is 0.549. The lowest BCUT2D eigenvalue weighted by Crippen LogP contribution is -2.03. The van der Waals surface area contributed by atoms with E-state index < -0.39 is 10.8 Å². The summed E-state index contributed by atoms with van der Waals surface area (Å²) < 4.78 is 0. The van der Waals surface area contributed by atoms with Gasteiger partial charge >= 0.3 is 0 Å². The van der Waals surface area contributed by atoms with E-state index in [1.165, 1.54) is 6.07 Å². The van der Waals surface area contributed by atoms with Gasteiger partial charge in [-0.1, -0.05) is 31.5 Å². The van der Waals surface area contributed by atoms with Crippen LogP contribution in [0.5, 0.6) is 0 Å². The third kappa shape index (κ3) is 2.62. The molecule has 0 fully saturated rings. The summed E-state index contributed by atoms with van der Waals surface area (Å²) in [6, 6.07) is 6.32. The number of nitro benzene ring substituents is 1. The lowest BCUT2D eigenvalue weighted by molar-refractivity contribution is -0.385. The van der Waals surface area contributed by atoms with Crippen molar-refractivity contribution in [3.63, 3.8) is 0 Å². The Labute approximate surface area is 88.1 Å². The Morgan fingerprint density at radius 2 is 2.13 bits per heavy atom. The molecular weight excluding hydrogens is 194 g/mol. The van der Waals surface area contributed by atoms with Crippen LogP contribution in [0.4, 0.5) is 5.69 Å². The van der Waals surface area contributed by atoms with E-state index in [-0.39, 0.29) is 5.69 Å². The summed E-state index contributed by atoms with van der Waals surface area (Å²) in [5.41, 5.74) is 0.457. The highest BCUT2D eigenvalue weighted by Gasteiger charge is 2.20. The van der Waals surface area contributed by atoms with Crippen LogP contribution < -0.4 is 0 Å². The van der Waals surface area contributed by atoms with Gasteiger partial charge in [0.2, 0.25) is 6.29 Å². The average molecular weight is 206 g/mol. The van der Waals surface area contributed by atoms with E-state index in [0.717, 1.165) is 6.42 Å². The zero-order valence-electron chi connectivity index (χ0n) is 8.47. The summed E-state index contributed by atoms with van der Waals surface area (Å²) in [5.74, 6) is -0.489. The largest absolute Gasteiger partial charge is 0.290 e. The van der Waals surface area contributed by atoms with Crippen LogP contribution in [0, 0.1) is 10.1 Å². The molecule has 1 atom stereocenters. The second-order valence-electron chi connectivity index (χ2n) is 3.28. The molecule has 0 aromatic heterocycles. The molecule has 0 aliphatic rings.